The van der Waals surface area contributed by atoms with Crippen LogP contribution in [0.5, 0.6) is 5.75 Å². The SMILES string of the molecule is CC(Cc1ccc(O)c(C(C)(C)C)c1)c1ccccc1. The zero-order valence-electron chi connectivity index (χ0n) is 12.9. The van der Waals surface area contributed by atoms with Crippen molar-refractivity contribution >= 4 is 0 Å². The topological polar surface area (TPSA) is 20.2 Å². The maximum Gasteiger partial charge on any atom is 0.119 e. The normalized spacial score (nSPS) is 13.2. The lowest BCUT2D eigenvalue weighted by Crippen LogP contribution is -2.12. The summed E-state index contributed by atoms with van der Waals surface area (Å²) in [5, 5.41) is 10.0. The van der Waals surface area contributed by atoms with Gasteiger partial charge in [-0.3, -0.25) is 0 Å². The van der Waals surface area contributed by atoms with Gasteiger partial charge in [-0.15, -0.1) is 0 Å². The second-order valence-corrected chi connectivity index (χ2v) is 6.62. The molecule has 0 saturated carbocycles. The van der Waals surface area contributed by atoms with E-state index >= 15 is 0 Å². The van der Waals surface area contributed by atoms with Crippen LogP contribution in [0.1, 0.15) is 50.3 Å². The number of aromatic hydroxyl groups is 1. The summed E-state index contributed by atoms with van der Waals surface area (Å²) in [6.07, 6.45) is 0.993. The van der Waals surface area contributed by atoms with Crippen LogP contribution in [0.25, 0.3) is 0 Å². The zero-order valence-corrected chi connectivity index (χ0v) is 12.9. The number of hydrogen-bond acceptors (Lipinski definition) is 1. The summed E-state index contributed by atoms with van der Waals surface area (Å²) in [7, 11) is 0. The van der Waals surface area contributed by atoms with Crippen LogP contribution in [0, 0.1) is 0 Å². The first-order valence-corrected chi connectivity index (χ1v) is 7.25. The fourth-order valence-electron chi connectivity index (χ4n) is 2.56. The molecule has 0 spiro atoms. The minimum atomic E-state index is -0.0317. The molecule has 2 aromatic carbocycles. The van der Waals surface area contributed by atoms with Crippen molar-refractivity contribution in [1.82, 2.24) is 0 Å². The summed E-state index contributed by atoms with van der Waals surface area (Å²) in [4.78, 5) is 0. The van der Waals surface area contributed by atoms with E-state index in [1.54, 1.807) is 0 Å². The highest BCUT2D eigenvalue weighted by Crippen LogP contribution is 2.32. The lowest BCUT2D eigenvalue weighted by molar-refractivity contribution is 0.446. The molecule has 0 aromatic heterocycles. The molecule has 0 aliphatic heterocycles. The Kier molecular flexibility index (Phi) is 4.17. The summed E-state index contributed by atoms with van der Waals surface area (Å²) in [5.74, 6) is 0.877. The molecular weight excluding hydrogens is 244 g/mol. The summed E-state index contributed by atoms with van der Waals surface area (Å²) >= 11 is 0. The van der Waals surface area contributed by atoms with Gasteiger partial charge in [0.05, 0.1) is 0 Å². The first-order valence-electron chi connectivity index (χ1n) is 7.25. The van der Waals surface area contributed by atoms with E-state index in [4.69, 9.17) is 0 Å². The molecule has 106 valence electrons. The Morgan fingerprint density at radius 3 is 2.25 bits per heavy atom. The van der Waals surface area contributed by atoms with E-state index in [1.807, 2.05) is 12.1 Å². The second kappa shape index (κ2) is 5.70. The van der Waals surface area contributed by atoms with Crippen molar-refractivity contribution in [1.29, 1.82) is 0 Å². The summed E-state index contributed by atoms with van der Waals surface area (Å²) in [5.41, 5.74) is 3.63. The fraction of sp³-hybridized carbons (Fsp3) is 0.368. The van der Waals surface area contributed by atoms with Crippen LogP contribution in [0.2, 0.25) is 0 Å². The molecule has 0 fully saturated rings. The number of hydrogen-bond donors (Lipinski definition) is 1. The van der Waals surface area contributed by atoms with Gasteiger partial charge in [0, 0.05) is 0 Å². The first-order chi connectivity index (χ1) is 9.38. The largest absolute Gasteiger partial charge is 0.508 e. The molecular formula is C19H24O. The summed E-state index contributed by atoms with van der Waals surface area (Å²) < 4.78 is 0. The molecule has 1 unspecified atom stereocenters. The van der Waals surface area contributed by atoms with Crippen LogP contribution in [0.4, 0.5) is 0 Å². The van der Waals surface area contributed by atoms with Crippen molar-refractivity contribution in [2.24, 2.45) is 0 Å². The van der Waals surface area contributed by atoms with Gasteiger partial charge in [-0.05, 0) is 40.5 Å². The van der Waals surface area contributed by atoms with Crippen molar-refractivity contribution in [3.8, 4) is 5.75 Å². The van der Waals surface area contributed by atoms with Gasteiger partial charge in [-0.1, -0.05) is 70.2 Å². The van der Waals surface area contributed by atoms with Crippen molar-refractivity contribution < 1.29 is 5.11 Å². The van der Waals surface area contributed by atoms with E-state index < -0.39 is 0 Å². The Balaban J connectivity index is 2.22. The lowest BCUT2D eigenvalue weighted by Gasteiger charge is -2.22. The van der Waals surface area contributed by atoms with E-state index in [2.05, 4.69) is 64.1 Å². The highest BCUT2D eigenvalue weighted by atomic mass is 16.3. The predicted octanol–water partition coefficient (Wildman–Crippen LogP) is 5.04. The molecule has 2 aromatic rings. The van der Waals surface area contributed by atoms with Crippen LogP contribution in [-0.4, -0.2) is 5.11 Å². The number of phenolic OH excluding ortho intramolecular Hbond substituents is 1. The number of benzene rings is 2. The molecule has 0 bridgehead atoms. The molecule has 0 heterocycles. The molecule has 0 saturated heterocycles. The molecule has 1 heteroatoms. The fourth-order valence-corrected chi connectivity index (χ4v) is 2.56. The van der Waals surface area contributed by atoms with Crippen molar-refractivity contribution in [2.75, 3.05) is 0 Å². The van der Waals surface area contributed by atoms with Crippen LogP contribution >= 0.6 is 0 Å². The number of phenols is 1. The Bertz CT molecular complexity index is 564. The molecule has 1 N–H and O–H groups in total. The molecule has 0 aliphatic rings. The van der Waals surface area contributed by atoms with Crippen LogP contribution < -0.4 is 0 Å². The van der Waals surface area contributed by atoms with Gasteiger partial charge in [0.15, 0.2) is 0 Å². The zero-order chi connectivity index (χ0) is 14.8. The first kappa shape index (κ1) is 14.6. The van der Waals surface area contributed by atoms with E-state index in [1.165, 1.54) is 11.1 Å². The maximum absolute atomic E-state index is 10.0. The van der Waals surface area contributed by atoms with Crippen LogP contribution in [0.3, 0.4) is 0 Å². The average molecular weight is 268 g/mol. The van der Waals surface area contributed by atoms with Crippen LogP contribution in [-0.2, 0) is 11.8 Å². The Hall–Kier alpha value is -1.76. The van der Waals surface area contributed by atoms with E-state index in [0.717, 1.165) is 12.0 Å². The van der Waals surface area contributed by atoms with Crippen LogP contribution in [0.15, 0.2) is 48.5 Å². The van der Waals surface area contributed by atoms with Gasteiger partial charge >= 0.3 is 0 Å². The molecule has 0 aliphatic carbocycles. The third kappa shape index (κ3) is 3.41. The minimum Gasteiger partial charge on any atom is -0.508 e. The predicted molar refractivity (Wildman–Crippen MR) is 85.4 cm³/mol. The minimum absolute atomic E-state index is 0.0317. The maximum atomic E-state index is 10.0. The molecule has 0 radical (unpaired) electrons. The monoisotopic (exact) mass is 268 g/mol. The smallest absolute Gasteiger partial charge is 0.119 e. The second-order valence-electron chi connectivity index (χ2n) is 6.62. The Morgan fingerprint density at radius 1 is 1.00 bits per heavy atom. The average Bonchev–Trinajstić information content (AvgIpc) is 2.40. The molecule has 1 nitrogen and oxygen atoms in total. The third-order valence-electron chi connectivity index (χ3n) is 3.78. The van der Waals surface area contributed by atoms with Gasteiger partial charge in [0.25, 0.3) is 0 Å². The highest BCUT2D eigenvalue weighted by molar-refractivity contribution is 5.41. The number of rotatable bonds is 3. The third-order valence-corrected chi connectivity index (χ3v) is 3.78. The van der Waals surface area contributed by atoms with Crippen molar-refractivity contribution in [2.45, 2.75) is 45.4 Å². The Labute approximate surface area is 122 Å². The molecule has 0 amide bonds. The van der Waals surface area contributed by atoms with Crippen molar-refractivity contribution in [3.63, 3.8) is 0 Å². The van der Waals surface area contributed by atoms with E-state index in [0.29, 0.717) is 11.7 Å². The van der Waals surface area contributed by atoms with Gasteiger partial charge in [0.1, 0.15) is 5.75 Å². The van der Waals surface area contributed by atoms with E-state index in [-0.39, 0.29) is 5.41 Å². The molecule has 1 atom stereocenters. The van der Waals surface area contributed by atoms with E-state index in [9.17, 15) is 5.11 Å². The van der Waals surface area contributed by atoms with Gasteiger partial charge in [-0.25, -0.2) is 0 Å². The highest BCUT2D eigenvalue weighted by Gasteiger charge is 2.18. The summed E-state index contributed by atoms with van der Waals surface area (Å²) in [6, 6.07) is 16.6. The van der Waals surface area contributed by atoms with Gasteiger partial charge in [-0.2, -0.15) is 0 Å². The quantitative estimate of drug-likeness (QED) is 0.827. The lowest BCUT2D eigenvalue weighted by atomic mass is 9.84. The summed E-state index contributed by atoms with van der Waals surface area (Å²) in [6.45, 7) is 8.64. The van der Waals surface area contributed by atoms with Gasteiger partial charge in [0.2, 0.25) is 0 Å². The van der Waals surface area contributed by atoms with Crippen molar-refractivity contribution in [3.05, 3.63) is 65.2 Å². The standard InChI is InChI=1S/C19H24O/c1-14(16-8-6-5-7-9-16)12-15-10-11-18(20)17(13-15)19(2,3)4/h5-11,13-14,20H,12H2,1-4H3. The Morgan fingerprint density at radius 2 is 1.65 bits per heavy atom. The molecule has 2 rings (SSSR count). The van der Waals surface area contributed by atoms with Gasteiger partial charge < -0.3 is 5.11 Å². The molecule has 20 heavy (non-hydrogen) atoms.